The smallest absolute Gasteiger partial charge is 0.333 e. The molecule has 14 heteroatoms. The normalized spacial score (nSPS) is 11.9. The number of nitriles is 1. The quantitative estimate of drug-likeness (QED) is 0.0673. The van der Waals surface area contributed by atoms with E-state index in [9.17, 15) is 33.5 Å². The third-order valence-electron chi connectivity index (χ3n) is 6.32. The van der Waals surface area contributed by atoms with E-state index in [0.29, 0.717) is 17.7 Å². The van der Waals surface area contributed by atoms with E-state index >= 15 is 0 Å². The van der Waals surface area contributed by atoms with Crippen LogP contribution in [-0.2, 0) is 30.8 Å². The van der Waals surface area contributed by atoms with Crippen molar-refractivity contribution in [3.63, 3.8) is 0 Å². The molecular formula is C29H39N5O8S. The van der Waals surface area contributed by atoms with Gasteiger partial charge in [0.25, 0.3) is 5.56 Å². The van der Waals surface area contributed by atoms with Gasteiger partial charge in [-0.15, -0.1) is 0 Å². The summed E-state index contributed by atoms with van der Waals surface area (Å²) in [5.74, 6) is -1.05. The standard InChI is InChI=1S/C29H39N5O8S/c1-7-8-13-34-26(35)24(18-30)21(6)25(27(34)36)32-31-22-9-11-23(12-10-22)43(39,40)33(14-16-41-28(37)19(2)3)15-17-42-29(38)20(4)5/h9-12,28,31-32,35,37H,2,4,7-8,13-17H2,1,3,5-6H3. The van der Waals surface area contributed by atoms with Crippen LogP contribution in [0.25, 0.3) is 0 Å². The van der Waals surface area contributed by atoms with E-state index < -0.39 is 33.7 Å². The molecule has 1 aromatic heterocycles. The fourth-order valence-corrected chi connectivity index (χ4v) is 5.15. The zero-order chi connectivity index (χ0) is 32.3. The van der Waals surface area contributed by atoms with Crippen LogP contribution in [0.2, 0.25) is 0 Å². The zero-order valence-corrected chi connectivity index (χ0v) is 25.7. The van der Waals surface area contributed by atoms with Gasteiger partial charge in [0.15, 0.2) is 6.29 Å². The number of aromatic nitrogens is 1. The molecule has 4 N–H and O–H groups in total. The zero-order valence-electron chi connectivity index (χ0n) is 24.8. The molecule has 0 radical (unpaired) electrons. The molecule has 0 bridgehead atoms. The van der Waals surface area contributed by atoms with Gasteiger partial charge in [-0.3, -0.25) is 14.8 Å². The number of nitrogens with one attached hydrogen (secondary N) is 2. The number of rotatable bonds is 17. The summed E-state index contributed by atoms with van der Waals surface area (Å²) in [6.45, 7) is 13.1. The number of hydrazine groups is 1. The van der Waals surface area contributed by atoms with Crippen molar-refractivity contribution in [3.05, 3.63) is 70.1 Å². The van der Waals surface area contributed by atoms with Gasteiger partial charge in [0.05, 0.1) is 17.2 Å². The van der Waals surface area contributed by atoms with Crippen molar-refractivity contribution < 1.29 is 32.9 Å². The number of sulfonamides is 1. The second-order valence-electron chi connectivity index (χ2n) is 9.78. The van der Waals surface area contributed by atoms with Crippen molar-refractivity contribution in [3.8, 4) is 11.9 Å². The highest BCUT2D eigenvalue weighted by Gasteiger charge is 2.25. The van der Waals surface area contributed by atoms with Crippen LogP contribution in [0.4, 0.5) is 11.4 Å². The molecule has 1 unspecified atom stereocenters. The van der Waals surface area contributed by atoms with Crippen LogP contribution in [0.5, 0.6) is 5.88 Å². The number of carbonyl (C=O) groups excluding carboxylic acids is 1. The fraction of sp³-hybridized carbons (Fsp3) is 0.414. The molecule has 0 aliphatic carbocycles. The highest BCUT2D eigenvalue weighted by Crippen LogP contribution is 2.25. The Hall–Kier alpha value is -4.16. The monoisotopic (exact) mass is 617 g/mol. The summed E-state index contributed by atoms with van der Waals surface area (Å²) in [7, 11) is -4.09. The number of carbonyl (C=O) groups is 1. The van der Waals surface area contributed by atoms with Gasteiger partial charge in [-0.2, -0.15) is 9.57 Å². The fourth-order valence-electron chi connectivity index (χ4n) is 3.74. The summed E-state index contributed by atoms with van der Waals surface area (Å²) in [6.07, 6.45) is 0.136. The van der Waals surface area contributed by atoms with Gasteiger partial charge >= 0.3 is 5.97 Å². The molecule has 0 fully saturated rings. The lowest BCUT2D eigenvalue weighted by atomic mass is 10.1. The molecule has 0 saturated heterocycles. The predicted octanol–water partition coefficient (Wildman–Crippen LogP) is 2.99. The number of hydrogen-bond donors (Lipinski definition) is 4. The van der Waals surface area contributed by atoms with E-state index in [1.54, 1.807) is 6.92 Å². The Morgan fingerprint density at radius 3 is 2.35 bits per heavy atom. The lowest BCUT2D eigenvalue weighted by molar-refractivity contribution is -0.139. The molecule has 0 aliphatic heterocycles. The minimum atomic E-state index is -4.09. The number of nitrogens with zero attached hydrogens (tertiary/aromatic N) is 3. The van der Waals surface area contributed by atoms with Crippen molar-refractivity contribution in [1.29, 1.82) is 5.26 Å². The van der Waals surface area contributed by atoms with E-state index in [4.69, 9.17) is 9.47 Å². The lowest BCUT2D eigenvalue weighted by Gasteiger charge is -2.23. The van der Waals surface area contributed by atoms with Gasteiger partial charge in [0, 0.05) is 30.8 Å². The number of anilines is 2. The Balaban J connectivity index is 2.25. The number of aromatic hydroxyl groups is 1. The molecule has 234 valence electrons. The second kappa shape index (κ2) is 15.9. The highest BCUT2D eigenvalue weighted by molar-refractivity contribution is 7.89. The highest BCUT2D eigenvalue weighted by atomic mass is 32.2. The van der Waals surface area contributed by atoms with Gasteiger partial charge in [-0.1, -0.05) is 26.5 Å². The van der Waals surface area contributed by atoms with Crippen molar-refractivity contribution in [2.45, 2.75) is 58.3 Å². The number of esters is 1. The number of aliphatic hydroxyl groups is 1. The summed E-state index contributed by atoms with van der Waals surface area (Å²) >= 11 is 0. The first-order valence-corrected chi connectivity index (χ1v) is 15.0. The van der Waals surface area contributed by atoms with Crippen molar-refractivity contribution in [2.75, 3.05) is 37.2 Å². The van der Waals surface area contributed by atoms with E-state index in [1.807, 2.05) is 13.0 Å². The number of ether oxygens (including phenoxy) is 2. The number of aliphatic hydroxyl groups excluding tert-OH is 1. The third kappa shape index (κ3) is 9.16. The Kier molecular flexibility index (Phi) is 13.0. The molecule has 2 rings (SSSR count). The summed E-state index contributed by atoms with van der Waals surface area (Å²) in [5.41, 5.74) is 6.32. The SMILES string of the molecule is C=C(C)C(=O)OCCN(CCOC(O)C(=C)C)S(=O)(=O)c1ccc(NNc2c(C)c(C#N)c(O)n(CCCC)c2=O)cc1. The van der Waals surface area contributed by atoms with Crippen LogP contribution in [-0.4, -0.2) is 66.1 Å². The first kappa shape index (κ1) is 35.0. The summed E-state index contributed by atoms with van der Waals surface area (Å²) < 4.78 is 39.4. The first-order chi connectivity index (χ1) is 20.3. The van der Waals surface area contributed by atoms with Gasteiger partial charge in [-0.25, -0.2) is 13.2 Å². The molecular weight excluding hydrogens is 578 g/mol. The topological polar surface area (TPSA) is 183 Å². The average molecular weight is 618 g/mol. The molecule has 1 aromatic carbocycles. The van der Waals surface area contributed by atoms with E-state index in [2.05, 4.69) is 24.0 Å². The average Bonchev–Trinajstić information content (AvgIpc) is 2.96. The van der Waals surface area contributed by atoms with Gasteiger partial charge in [0.1, 0.15) is 23.9 Å². The van der Waals surface area contributed by atoms with Crippen LogP contribution in [0.15, 0.2) is 58.3 Å². The van der Waals surface area contributed by atoms with E-state index in [0.717, 1.165) is 15.3 Å². The van der Waals surface area contributed by atoms with Crippen LogP contribution >= 0.6 is 0 Å². The van der Waals surface area contributed by atoms with E-state index in [-0.39, 0.29) is 60.1 Å². The number of pyridine rings is 1. The summed E-state index contributed by atoms with van der Waals surface area (Å²) in [5, 5.41) is 29.8. The molecule has 2 aromatic rings. The number of hydrogen-bond acceptors (Lipinski definition) is 11. The molecule has 13 nitrogen and oxygen atoms in total. The second-order valence-corrected chi connectivity index (χ2v) is 11.7. The summed E-state index contributed by atoms with van der Waals surface area (Å²) in [6, 6.07) is 7.56. The Bertz CT molecular complexity index is 1530. The maximum absolute atomic E-state index is 13.5. The molecule has 43 heavy (non-hydrogen) atoms. The molecule has 1 heterocycles. The molecule has 0 spiro atoms. The third-order valence-corrected chi connectivity index (χ3v) is 8.23. The molecule has 0 amide bonds. The van der Waals surface area contributed by atoms with Crippen molar-refractivity contribution in [2.24, 2.45) is 0 Å². The minimum Gasteiger partial charge on any atom is -0.493 e. The molecule has 1 atom stereocenters. The lowest BCUT2D eigenvalue weighted by Crippen LogP contribution is -2.37. The predicted molar refractivity (Wildman–Crippen MR) is 162 cm³/mol. The first-order valence-electron chi connectivity index (χ1n) is 13.5. The largest absolute Gasteiger partial charge is 0.493 e. The van der Waals surface area contributed by atoms with Crippen LogP contribution in [0.1, 0.15) is 44.7 Å². The molecule has 0 saturated carbocycles. The van der Waals surface area contributed by atoms with Crippen LogP contribution in [0, 0.1) is 18.3 Å². The Morgan fingerprint density at radius 2 is 1.79 bits per heavy atom. The van der Waals surface area contributed by atoms with Crippen LogP contribution < -0.4 is 16.4 Å². The van der Waals surface area contributed by atoms with Crippen LogP contribution in [0.3, 0.4) is 0 Å². The van der Waals surface area contributed by atoms with E-state index in [1.165, 1.54) is 38.1 Å². The maximum atomic E-state index is 13.5. The Morgan fingerprint density at radius 1 is 1.16 bits per heavy atom. The summed E-state index contributed by atoms with van der Waals surface area (Å²) in [4.78, 5) is 24.7. The number of benzene rings is 1. The molecule has 0 aliphatic rings. The maximum Gasteiger partial charge on any atom is 0.333 e. The van der Waals surface area contributed by atoms with Crippen molar-refractivity contribution >= 4 is 27.4 Å². The number of unbranched alkanes of at least 4 members (excludes halogenated alkanes) is 1. The van der Waals surface area contributed by atoms with Gasteiger partial charge < -0.3 is 25.1 Å². The van der Waals surface area contributed by atoms with Crippen molar-refractivity contribution in [1.82, 2.24) is 8.87 Å². The minimum absolute atomic E-state index is 0.0322. The van der Waals surface area contributed by atoms with Gasteiger partial charge in [0.2, 0.25) is 15.9 Å². The van der Waals surface area contributed by atoms with Gasteiger partial charge in [-0.05, 0) is 57.0 Å². The Labute approximate surface area is 251 Å².